The lowest BCUT2D eigenvalue weighted by molar-refractivity contribution is -0.129. The molecule has 35 heavy (non-hydrogen) atoms. The number of rotatable bonds is 9. The van der Waals surface area contributed by atoms with Crippen LogP contribution in [0.2, 0.25) is 0 Å². The highest BCUT2D eigenvalue weighted by Gasteiger charge is 2.44. The van der Waals surface area contributed by atoms with E-state index >= 15 is 0 Å². The maximum Gasteiger partial charge on any atom is 0.324 e. The largest absolute Gasteiger partial charge is 0.497 e. The lowest BCUT2D eigenvalue weighted by Gasteiger charge is -2.39. The first-order chi connectivity index (χ1) is 16.9. The van der Waals surface area contributed by atoms with Crippen LogP contribution in [0.5, 0.6) is 5.75 Å². The Morgan fingerprint density at radius 2 is 1.83 bits per heavy atom. The van der Waals surface area contributed by atoms with Gasteiger partial charge in [0.25, 0.3) is 5.91 Å². The van der Waals surface area contributed by atoms with Crippen molar-refractivity contribution in [3.8, 4) is 5.75 Å². The van der Waals surface area contributed by atoms with Crippen molar-refractivity contribution in [2.45, 2.75) is 43.7 Å². The maximum absolute atomic E-state index is 13.1. The Morgan fingerprint density at radius 1 is 1.14 bits per heavy atom. The first-order valence-electron chi connectivity index (χ1n) is 11.8. The fourth-order valence-electron chi connectivity index (χ4n) is 4.64. The Morgan fingerprint density at radius 3 is 2.49 bits per heavy atom. The number of nitrogens with zero attached hydrogens (tertiary/aromatic N) is 1. The normalized spacial score (nSPS) is 19.4. The zero-order valence-electron chi connectivity index (χ0n) is 19.7. The summed E-state index contributed by atoms with van der Waals surface area (Å²) in [6.45, 7) is 1.62. The number of hydrogen-bond acceptors (Lipinski definition) is 5. The van der Waals surface area contributed by atoms with Crippen molar-refractivity contribution in [3.05, 3.63) is 65.5 Å². The van der Waals surface area contributed by atoms with Gasteiger partial charge >= 0.3 is 6.03 Å². The Balaban J connectivity index is 1.36. The van der Waals surface area contributed by atoms with Crippen LogP contribution >= 0.6 is 0 Å². The van der Waals surface area contributed by atoms with Crippen molar-refractivity contribution in [2.75, 3.05) is 26.9 Å². The Bertz CT molecular complexity index is 1050. The average Bonchev–Trinajstić information content (AvgIpc) is 3.15. The number of imide groups is 1. The third-order valence-corrected chi connectivity index (χ3v) is 6.78. The number of urea groups is 1. The zero-order valence-corrected chi connectivity index (χ0v) is 19.7. The van der Waals surface area contributed by atoms with Crippen molar-refractivity contribution in [2.24, 2.45) is 0 Å². The van der Waals surface area contributed by atoms with Crippen LogP contribution in [0.1, 0.15) is 36.8 Å². The summed E-state index contributed by atoms with van der Waals surface area (Å²) in [6.07, 6.45) is 1.66. The van der Waals surface area contributed by atoms with Gasteiger partial charge in [0.15, 0.2) is 0 Å². The van der Waals surface area contributed by atoms with Gasteiger partial charge in [-0.1, -0.05) is 24.3 Å². The Hall–Kier alpha value is -3.46. The summed E-state index contributed by atoms with van der Waals surface area (Å²) in [6, 6.07) is 12.4. The van der Waals surface area contributed by atoms with Crippen LogP contribution in [0.4, 0.5) is 9.18 Å². The predicted molar refractivity (Wildman–Crippen MR) is 126 cm³/mol. The van der Waals surface area contributed by atoms with E-state index in [-0.39, 0.29) is 43.6 Å². The van der Waals surface area contributed by atoms with E-state index in [1.54, 1.807) is 19.2 Å². The highest BCUT2D eigenvalue weighted by molar-refractivity contribution is 6.04. The summed E-state index contributed by atoms with van der Waals surface area (Å²) in [7, 11) is 1.61. The molecule has 1 atom stereocenters. The summed E-state index contributed by atoms with van der Waals surface area (Å²) >= 11 is 0. The van der Waals surface area contributed by atoms with E-state index in [2.05, 4.69) is 10.6 Å². The molecule has 2 aliphatic heterocycles. The molecule has 0 spiro atoms. The first kappa shape index (κ1) is 24.7. The third-order valence-electron chi connectivity index (χ3n) is 6.78. The monoisotopic (exact) mass is 483 g/mol. The van der Waals surface area contributed by atoms with Crippen LogP contribution < -0.4 is 15.4 Å². The highest BCUT2D eigenvalue weighted by atomic mass is 19.1. The molecule has 2 aliphatic rings. The van der Waals surface area contributed by atoms with Crippen molar-refractivity contribution in [1.82, 2.24) is 15.5 Å². The van der Waals surface area contributed by atoms with Gasteiger partial charge in [-0.3, -0.25) is 14.5 Å². The van der Waals surface area contributed by atoms with E-state index in [0.717, 1.165) is 16.9 Å². The van der Waals surface area contributed by atoms with Gasteiger partial charge in [-0.2, -0.15) is 0 Å². The first-order valence-corrected chi connectivity index (χ1v) is 11.8. The van der Waals surface area contributed by atoms with Crippen LogP contribution in [0.15, 0.2) is 48.5 Å². The fourth-order valence-corrected chi connectivity index (χ4v) is 4.64. The van der Waals surface area contributed by atoms with Gasteiger partial charge in [0.1, 0.15) is 17.6 Å². The molecule has 0 aliphatic carbocycles. The molecule has 2 N–H and O–H groups in total. The molecule has 4 rings (SSSR count). The number of carbonyl (C=O) groups is 3. The van der Waals surface area contributed by atoms with E-state index in [0.29, 0.717) is 26.1 Å². The Kier molecular flexibility index (Phi) is 7.65. The Labute approximate surface area is 203 Å². The van der Waals surface area contributed by atoms with Crippen LogP contribution in [0.25, 0.3) is 0 Å². The molecule has 186 valence electrons. The van der Waals surface area contributed by atoms with Gasteiger partial charge in [0.2, 0.25) is 5.91 Å². The van der Waals surface area contributed by atoms with Crippen molar-refractivity contribution >= 4 is 17.8 Å². The van der Waals surface area contributed by atoms with Gasteiger partial charge in [0, 0.05) is 38.1 Å². The lowest BCUT2D eigenvalue weighted by Crippen LogP contribution is -2.47. The van der Waals surface area contributed by atoms with Gasteiger partial charge in [0.05, 0.1) is 7.11 Å². The van der Waals surface area contributed by atoms with E-state index in [9.17, 15) is 18.8 Å². The number of hydrogen-bond donors (Lipinski definition) is 2. The van der Waals surface area contributed by atoms with E-state index in [1.165, 1.54) is 17.0 Å². The van der Waals surface area contributed by atoms with Crippen LogP contribution in [0, 0.1) is 5.82 Å². The number of ether oxygens (including phenoxy) is 2. The molecule has 4 amide bonds. The van der Waals surface area contributed by atoms with Crippen molar-refractivity contribution in [3.63, 3.8) is 0 Å². The average molecular weight is 484 g/mol. The minimum atomic E-state index is -0.744. The van der Waals surface area contributed by atoms with E-state index in [4.69, 9.17) is 9.47 Å². The molecule has 2 heterocycles. The quantitative estimate of drug-likeness (QED) is 0.535. The van der Waals surface area contributed by atoms with E-state index < -0.39 is 17.5 Å². The van der Waals surface area contributed by atoms with Gasteiger partial charge in [-0.15, -0.1) is 0 Å². The zero-order chi connectivity index (χ0) is 24.8. The van der Waals surface area contributed by atoms with Gasteiger partial charge in [-0.05, 0) is 54.7 Å². The molecule has 2 aromatic carbocycles. The summed E-state index contributed by atoms with van der Waals surface area (Å²) in [5.41, 5.74) is 1.40. The summed E-state index contributed by atoms with van der Waals surface area (Å²) in [4.78, 5) is 39.4. The predicted octanol–water partition coefficient (Wildman–Crippen LogP) is 2.90. The van der Waals surface area contributed by atoms with Gasteiger partial charge in [-0.25, -0.2) is 9.18 Å². The molecule has 9 heteroatoms. The second-order valence-corrected chi connectivity index (χ2v) is 8.99. The number of carbonyl (C=O) groups excluding carboxylic acids is 3. The lowest BCUT2D eigenvalue weighted by atomic mass is 9.73. The molecular formula is C26H30FN3O5. The van der Waals surface area contributed by atoms with Crippen LogP contribution in [-0.4, -0.2) is 55.7 Å². The van der Waals surface area contributed by atoms with Crippen molar-refractivity contribution in [1.29, 1.82) is 0 Å². The molecular weight excluding hydrogens is 453 g/mol. The molecule has 1 unspecified atom stereocenters. The van der Waals surface area contributed by atoms with E-state index in [1.807, 2.05) is 24.3 Å². The molecule has 2 fully saturated rings. The number of methoxy groups -OCH3 is 1. The molecule has 0 radical (unpaired) electrons. The molecule has 2 aromatic rings. The SMILES string of the molecule is COc1ccc(C2(CN3C(=O)NC(CCC(=O)NCc4ccc(F)cc4)C3=O)CCOCC2)cc1. The molecule has 0 saturated carbocycles. The minimum absolute atomic E-state index is 0.0865. The summed E-state index contributed by atoms with van der Waals surface area (Å²) < 4.78 is 23.8. The highest BCUT2D eigenvalue weighted by Crippen LogP contribution is 2.37. The fraction of sp³-hybridized carbons (Fsp3) is 0.423. The number of amides is 4. The van der Waals surface area contributed by atoms with Crippen LogP contribution in [-0.2, 0) is 26.3 Å². The number of nitrogens with one attached hydrogen (secondary N) is 2. The molecule has 0 bridgehead atoms. The standard InChI is InChI=1S/C26H30FN3O5/c1-34-21-8-4-19(5-9-21)26(12-14-35-15-13-26)17-30-24(32)22(29-25(30)33)10-11-23(31)28-16-18-2-6-20(27)7-3-18/h2-9,22H,10-17H2,1H3,(H,28,31)(H,29,33). The third kappa shape index (κ3) is 5.79. The smallest absolute Gasteiger partial charge is 0.324 e. The number of halogens is 1. The molecule has 2 saturated heterocycles. The minimum Gasteiger partial charge on any atom is -0.497 e. The van der Waals surface area contributed by atoms with Crippen molar-refractivity contribution < 1.29 is 28.2 Å². The topological polar surface area (TPSA) is 97.0 Å². The summed E-state index contributed by atoms with van der Waals surface area (Å²) in [5.74, 6) is -0.159. The number of benzene rings is 2. The molecule has 0 aromatic heterocycles. The molecule has 8 nitrogen and oxygen atoms in total. The van der Waals surface area contributed by atoms with Crippen LogP contribution in [0.3, 0.4) is 0 Å². The second kappa shape index (κ2) is 10.9. The van der Waals surface area contributed by atoms with Gasteiger partial charge < -0.3 is 20.1 Å². The maximum atomic E-state index is 13.1. The second-order valence-electron chi connectivity index (χ2n) is 8.99. The summed E-state index contributed by atoms with van der Waals surface area (Å²) in [5, 5.41) is 5.49.